The Hall–Kier alpha value is -3.71. The highest BCUT2D eigenvalue weighted by Crippen LogP contribution is 2.22. The van der Waals surface area contributed by atoms with Crippen LogP contribution in [0.4, 0.5) is 11.5 Å². The number of ether oxygens (including phenoxy) is 1. The number of hydrogen-bond acceptors (Lipinski definition) is 7. The van der Waals surface area contributed by atoms with E-state index in [4.69, 9.17) is 4.74 Å². The van der Waals surface area contributed by atoms with Crippen LogP contribution in [0.1, 0.15) is 10.4 Å². The summed E-state index contributed by atoms with van der Waals surface area (Å²) in [7, 11) is -1.35. The van der Waals surface area contributed by atoms with Gasteiger partial charge < -0.3 is 10.1 Å². The SMILES string of the molecule is Cn1c(NC(=O)COC(=O)c2ccccc2NS(=O)(=O)c2ccc(Br)cc2)cc(=O)n(C)c1=O. The summed E-state index contributed by atoms with van der Waals surface area (Å²) in [5.74, 6) is -1.83. The molecule has 34 heavy (non-hydrogen) atoms. The van der Waals surface area contributed by atoms with E-state index in [9.17, 15) is 27.6 Å². The molecule has 2 aromatic carbocycles. The molecule has 0 aliphatic rings. The van der Waals surface area contributed by atoms with Gasteiger partial charge in [-0.1, -0.05) is 28.1 Å². The van der Waals surface area contributed by atoms with Crippen LogP contribution in [0, 0.1) is 0 Å². The molecule has 1 heterocycles. The first-order valence-electron chi connectivity index (χ1n) is 9.61. The molecule has 0 spiro atoms. The van der Waals surface area contributed by atoms with Crippen molar-refractivity contribution in [3.63, 3.8) is 0 Å². The maximum Gasteiger partial charge on any atom is 0.340 e. The highest BCUT2D eigenvalue weighted by Gasteiger charge is 2.20. The lowest BCUT2D eigenvalue weighted by molar-refractivity contribution is -0.119. The first-order valence-corrected chi connectivity index (χ1v) is 11.9. The van der Waals surface area contributed by atoms with Crippen LogP contribution in [-0.4, -0.2) is 36.0 Å². The summed E-state index contributed by atoms with van der Waals surface area (Å²) in [5, 5.41) is 2.32. The second-order valence-electron chi connectivity index (χ2n) is 7.00. The van der Waals surface area contributed by atoms with Crippen LogP contribution >= 0.6 is 15.9 Å². The maximum absolute atomic E-state index is 12.7. The summed E-state index contributed by atoms with van der Waals surface area (Å²) < 4.78 is 35.3. The number of hydrogen-bond donors (Lipinski definition) is 2. The molecule has 3 aromatic rings. The first-order chi connectivity index (χ1) is 16.0. The maximum atomic E-state index is 12.7. The molecule has 11 nitrogen and oxygen atoms in total. The third kappa shape index (κ3) is 5.61. The van der Waals surface area contributed by atoms with Gasteiger partial charge in [0.05, 0.1) is 16.1 Å². The van der Waals surface area contributed by atoms with Crippen molar-refractivity contribution in [1.29, 1.82) is 0 Å². The number of aromatic nitrogens is 2. The van der Waals surface area contributed by atoms with Crippen LogP contribution in [-0.2, 0) is 33.7 Å². The molecule has 13 heteroatoms. The number of para-hydroxylation sites is 1. The van der Waals surface area contributed by atoms with E-state index in [0.29, 0.717) is 4.47 Å². The van der Waals surface area contributed by atoms with Gasteiger partial charge in [0.2, 0.25) is 0 Å². The molecule has 0 fully saturated rings. The number of sulfonamides is 1. The van der Waals surface area contributed by atoms with E-state index in [1.54, 1.807) is 12.1 Å². The summed E-state index contributed by atoms with van der Waals surface area (Å²) in [4.78, 5) is 48.5. The van der Waals surface area contributed by atoms with Crippen LogP contribution in [0.25, 0.3) is 0 Å². The molecule has 0 saturated heterocycles. The average molecular weight is 551 g/mol. The Kier molecular flexibility index (Phi) is 7.37. The Labute approximate surface area is 202 Å². The zero-order valence-electron chi connectivity index (χ0n) is 17.9. The van der Waals surface area contributed by atoms with Crippen LogP contribution in [0.15, 0.2) is 73.6 Å². The van der Waals surface area contributed by atoms with E-state index < -0.39 is 39.8 Å². The highest BCUT2D eigenvalue weighted by atomic mass is 79.9. The van der Waals surface area contributed by atoms with E-state index in [1.165, 1.54) is 50.5 Å². The van der Waals surface area contributed by atoms with Crippen LogP contribution in [0.2, 0.25) is 0 Å². The lowest BCUT2D eigenvalue weighted by atomic mass is 10.2. The fourth-order valence-corrected chi connectivity index (χ4v) is 4.15. The average Bonchev–Trinajstić information content (AvgIpc) is 2.80. The normalized spacial score (nSPS) is 11.0. The number of amides is 1. The predicted octanol–water partition coefficient (Wildman–Crippen LogP) is 1.44. The molecule has 3 rings (SSSR count). The minimum absolute atomic E-state index is 0.0159. The van der Waals surface area contributed by atoms with Crippen molar-refractivity contribution in [2.24, 2.45) is 14.1 Å². The molecular formula is C21H19BrN4O7S. The van der Waals surface area contributed by atoms with Crippen LogP contribution in [0.3, 0.4) is 0 Å². The first kappa shape index (κ1) is 24.9. The van der Waals surface area contributed by atoms with Crippen molar-refractivity contribution >= 4 is 49.3 Å². The molecule has 0 saturated carbocycles. The molecule has 0 radical (unpaired) electrons. The lowest BCUT2D eigenvalue weighted by Gasteiger charge is -2.13. The van der Waals surface area contributed by atoms with Crippen molar-refractivity contribution in [1.82, 2.24) is 9.13 Å². The zero-order chi connectivity index (χ0) is 25.0. The van der Waals surface area contributed by atoms with Gasteiger partial charge in [-0.3, -0.25) is 23.4 Å². The van der Waals surface area contributed by atoms with E-state index >= 15 is 0 Å². The Morgan fingerprint density at radius 2 is 1.65 bits per heavy atom. The molecule has 0 bridgehead atoms. The predicted molar refractivity (Wildman–Crippen MR) is 127 cm³/mol. The third-order valence-electron chi connectivity index (χ3n) is 4.64. The zero-order valence-corrected chi connectivity index (χ0v) is 20.3. The molecule has 1 aromatic heterocycles. The number of anilines is 2. The van der Waals surface area contributed by atoms with E-state index in [2.05, 4.69) is 26.0 Å². The van der Waals surface area contributed by atoms with Gasteiger partial charge in [0.15, 0.2) is 6.61 Å². The molecule has 178 valence electrons. The van der Waals surface area contributed by atoms with Crippen molar-refractivity contribution in [2.45, 2.75) is 4.90 Å². The number of carbonyl (C=O) groups excluding carboxylic acids is 2. The number of esters is 1. The van der Waals surface area contributed by atoms with Crippen molar-refractivity contribution in [3.05, 3.63) is 85.5 Å². The molecule has 0 unspecified atom stereocenters. The summed E-state index contributed by atoms with van der Waals surface area (Å²) in [6.07, 6.45) is 0. The smallest absolute Gasteiger partial charge is 0.340 e. The van der Waals surface area contributed by atoms with Gasteiger partial charge >= 0.3 is 11.7 Å². The molecular weight excluding hydrogens is 532 g/mol. The Bertz CT molecular complexity index is 1480. The minimum Gasteiger partial charge on any atom is -0.452 e. The van der Waals surface area contributed by atoms with Gasteiger partial charge in [0.25, 0.3) is 21.5 Å². The molecule has 2 N–H and O–H groups in total. The fourth-order valence-electron chi connectivity index (χ4n) is 2.81. The van der Waals surface area contributed by atoms with Gasteiger partial charge in [-0.05, 0) is 36.4 Å². The number of halogens is 1. The fraction of sp³-hybridized carbons (Fsp3) is 0.143. The van der Waals surface area contributed by atoms with Crippen molar-refractivity contribution in [3.8, 4) is 0 Å². The molecule has 1 amide bonds. The third-order valence-corrected chi connectivity index (χ3v) is 6.55. The van der Waals surface area contributed by atoms with Gasteiger partial charge in [-0.25, -0.2) is 18.0 Å². The number of benzene rings is 2. The standard InChI is InChI=1S/C21H19BrN4O7S/c1-25-17(11-19(28)26(2)21(25)30)23-18(27)12-33-20(29)15-5-3-4-6-16(15)24-34(31,32)14-9-7-13(22)8-10-14/h3-11,24H,12H2,1-2H3,(H,23,27). The number of carbonyl (C=O) groups is 2. The largest absolute Gasteiger partial charge is 0.452 e. The van der Waals surface area contributed by atoms with E-state index in [0.717, 1.165) is 15.2 Å². The topological polar surface area (TPSA) is 146 Å². The van der Waals surface area contributed by atoms with Gasteiger partial charge in [0, 0.05) is 24.6 Å². The van der Waals surface area contributed by atoms with E-state index in [1.807, 2.05) is 0 Å². The summed E-state index contributed by atoms with van der Waals surface area (Å²) in [6, 6.07) is 12.7. The van der Waals surface area contributed by atoms with E-state index in [-0.39, 0.29) is 22.0 Å². The Morgan fingerprint density at radius 3 is 2.32 bits per heavy atom. The van der Waals surface area contributed by atoms with Crippen molar-refractivity contribution < 1.29 is 22.7 Å². The minimum atomic E-state index is -4.00. The lowest BCUT2D eigenvalue weighted by Crippen LogP contribution is -2.38. The Balaban J connectivity index is 1.72. The quantitative estimate of drug-likeness (QED) is 0.423. The molecule has 0 aliphatic heterocycles. The second-order valence-corrected chi connectivity index (χ2v) is 9.60. The molecule has 0 atom stereocenters. The molecule has 0 aliphatic carbocycles. The second kappa shape index (κ2) is 10.1. The number of nitrogens with one attached hydrogen (secondary N) is 2. The summed E-state index contributed by atoms with van der Waals surface area (Å²) >= 11 is 3.23. The number of rotatable bonds is 7. The monoisotopic (exact) mass is 550 g/mol. The summed E-state index contributed by atoms with van der Waals surface area (Å²) in [5.41, 5.74) is -1.42. The van der Waals surface area contributed by atoms with Gasteiger partial charge in [-0.15, -0.1) is 0 Å². The Morgan fingerprint density at radius 1 is 1.00 bits per heavy atom. The van der Waals surface area contributed by atoms with Crippen molar-refractivity contribution in [2.75, 3.05) is 16.6 Å². The van der Waals surface area contributed by atoms with Crippen LogP contribution in [0.5, 0.6) is 0 Å². The van der Waals surface area contributed by atoms with Crippen LogP contribution < -0.4 is 21.3 Å². The van der Waals surface area contributed by atoms with Gasteiger partial charge in [-0.2, -0.15) is 0 Å². The summed E-state index contributed by atoms with van der Waals surface area (Å²) in [6.45, 7) is -0.740. The highest BCUT2D eigenvalue weighted by molar-refractivity contribution is 9.10. The van der Waals surface area contributed by atoms with Gasteiger partial charge in [0.1, 0.15) is 5.82 Å². The number of nitrogens with zero attached hydrogens (tertiary/aromatic N) is 2.